The van der Waals surface area contributed by atoms with Gasteiger partial charge in [-0.15, -0.1) is 0 Å². The molecule has 4 aromatic carbocycles. The summed E-state index contributed by atoms with van der Waals surface area (Å²) in [6.45, 7) is 6.85. The van der Waals surface area contributed by atoms with Gasteiger partial charge in [-0.3, -0.25) is 0 Å². The number of rotatable bonds is 2. The van der Waals surface area contributed by atoms with E-state index in [0.29, 0.717) is 0 Å². The van der Waals surface area contributed by atoms with Crippen molar-refractivity contribution in [3.05, 3.63) is 96.6 Å². The molecule has 0 saturated carbocycles. The van der Waals surface area contributed by atoms with Crippen LogP contribution in [0.4, 0.5) is 17.1 Å². The molecule has 2 heterocycles. The molecule has 0 bridgehead atoms. The van der Waals surface area contributed by atoms with E-state index in [4.69, 9.17) is 0 Å². The highest BCUT2D eigenvalue weighted by atomic mass is 15.4. The van der Waals surface area contributed by atoms with Gasteiger partial charge in [0.25, 0.3) is 0 Å². The zero-order valence-corrected chi connectivity index (χ0v) is 19.0. The van der Waals surface area contributed by atoms with Crippen LogP contribution in [0, 0.1) is 6.92 Å². The molecule has 0 atom stereocenters. The Bertz CT molecular complexity index is 1480. The van der Waals surface area contributed by atoms with Crippen LogP contribution in [-0.2, 0) is 0 Å². The molecule has 0 radical (unpaired) electrons. The van der Waals surface area contributed by atoms with Gasteiger partial charge in [0.2, 0.25) is 0 Å². The standard InChI is InChI=1S/C29H27N3/c1-20-18-19-23-22-14-8-9-15-24(22)31(21-12-6-5-7-13-21)28(23)27(20)32-26-17-11-10-16-25(26)30(4)29(32,2)3/h5-19H,1-4H3. The first-order chi connectivity index (χ1) is 15.5. The van der Waals surface area contributed by atoms with Crippen molar-refractivity contribution >= 4 is 38.9 Å². The number of benzene rings is 4. The SMILES string of the molecule is Cc1ccc2c3ccccc3n(-c3ccccc3)c2c1N1c2ccccc2N(C)C1(C)C. The Morgan fingerprint density at radius 3 is 2.09 bits per heavy atom. The first-order valence-electron chi connectivity index (χ1n) is 11.2. The van der Waals surface area contributed by atoms with Crippen molar-refractivity contribution in [2.45, 2.75) is 26.4 Å². The maximum Gasteiger partial charge on any atom is 0.112 e. The predicted octanol–water partition coefficient (Wildman–Crippen LogP) is 7.42. The van der Waals surface area contributed by atoms with Gasteiger partial charge in [-0.2, -0.15) is 0 Å². The summed E-state index contributed by atoms with van der Waals surface area (Å²) in [4.78, 5) is 4.91. The first-order valence-corrected chi connectivity index (χ1v) is 11.2. The Kier molecular flexibility index (Phi) is 3.94. The lowest BCUT2D eigenvalue weighted by Gasteiger charge is -2.40. The molecule has 0 fully saturated rings. The highest BCUT2D eigenvalue weighted by Gasteiger charge is 2.42. The van der Waals surface area contributed by atoms with Crippen molar-refractivity contribution in [1.82, 2.24) is 4.57 Å². The summed E-state index contributed by atoms with van der Waals surface area (Å²) in [6.07, 6.45) is 0. The third kappa shape index (κ3) is 2.42. The van der Waals surface area contributed by atoms with Crippen LogP contribution < -0.4 is 9.80 Å². The van der Waals surface area contributed by atoms with Gasteiger partial charge < -0.3 is 14.4 Å². The number of aryl methyl sites for hydroxylation is 1. The quantitative estimate of drug-likeness (QED) is 0.296. The van der Waals surface area contributed by atoms with Gasteiger partial charge in [0, 0.05) is 23.5 Å². The second-order valence-corrected chi connectivity index (χ2v) is 9.19. The average Bonchev–Trinajstić information content (AvgIpc) is 3.24. The molecule has 3 heteroatoms. The van der Waals surface area contributed by atoms with E-state index in [0.717, 1.165) is 0 Å². The molecule has 6 rings (SSSR count). The van der Waals surface area contributed by atoms with Crippen LogP contribution in [0.5, 0.6) is 0 Å². The zero-order chi connectivity index (χ0) is 22.0. The lowest BCUT2D eigenvalue weighted by atomic mass is 10.0. The number of hydrogen-bond acceptors (Lipinski definition) is 2. The van der Waals surface area contributed by atoms with Gasteiger partial charge >= 0.3 is 0 Å². The molecular formula is C29H27N3. The van der Waals surface area contributed by atoms with Crippen molar-refractivity contribution < 1.29 is 0 Å². The lowest BCUT2D eigenvalue weighted by Crippen LogP contribution is -2.48. The molecular weight excluding hydrogens is 390 g/mol. The topological polar surface area (TPSA) is 11.4 Å². The van der Waals surface area contributed by atoms with Gasteiger partial charge in [-0.25, -0.2) is 0 Å². The largest absolute Gasteiger partial charge is 0.350 e. The summed E-state index contributed by atoms with van der Waals surface area (Å²) in [6, 6.07) is 32.8. The molecule has 3 nitrogen and oxygen atoms in total. The number of aromatic nitrogens is 1. The fourth-order valence-corrected chi connectivity index (χ4v) is 5.34. The van der Waals surface area contributed by atoms with Crippen molar-refractivity contribution in [2.75, 3.05) is 16.8 Å². The van der Waals surface area contributed by atoms with E-state index in [1.54, 1.807) is 0 Å². The van der Waals surface area contributed by atoms with Gasteiger partial charge in [0.15, 0.2) is 0 Å². The van der Waals surface area contributed by atoms with Crippen LogP contribution in [0.15, 0.2) is 91.0 Å². The Morgan fingerprint density at radius 2 is 1.31 bits per heavy atom. The minimum absolute atomic E-state index is 0.208. The van der Waals surface area contributed by atoms with Crippen LogP contribution in [0.3, 0.4) is 0 Å². The average molecular weight is 418 g/mol. The molecule has 0 aliphatic carbocycles. The molecule has 0 amide bonds. The van der Waals surface area contributed by atoms with E-state index in [2.05, 4.69) is 133 Å². The molecule has 0 saturated heterocycles. The summed E-state index contributed by atoms with van der Waals surface area (Å²) >= 11 is 0. The summed E-state index contributed by atoms with van der Waals surface area (Å²) in [7, 11) is 2.20. The van der Waals surface area contributed by atoms with Crippen LogP contribution in [0.1, 0.15) is 19.4 Å². The fraction of sp³-hybridized carbons (Fsp3) is 0.172. The van der Waals surface area contributed by atoms with Crippen LogP contribution >= 0.6 is 0 Å². The minimum Gasteiger partial charge on any atom is -0.350 e. The Morgan fingerprint density at radius 1 is 0.656 bits per heavy atom. The van der Waals surface area contributed by atoms with Gasteiger partial charge in [0.1, 0.15) is 5.66 Å². The second-order valence-electron chi connectivity index (χ2n) is 9.19. The monoisotopic (exact) mass is 417 g/mol. The first kappa shape index (κ1) is 19.0. The summed E-state index contributed by atoms with van der Waals surface area (Å²) in [5.74, 6) is 0. The molecule has 0 unspecified atom stereocenters. The Labute approximate surface area is 189 Å². The van der Waals surface area contributed by atoms with Crippen molar-refractivity contribution in [3.8, 4) is 5.69 Å². The third-order valence-corrected chi connectivity index (χ3v) is 7.10. The molecule has 158 valence electrons. The van der Waals surface area contributed by atoms with E-state index in [-0.39, 0.29) is 5.66 Å². The number of para-hydroxylation sites is 4. The fourth-order valence-electron chi connectivity index (χ4n) is 5.34. The number of fused-ring (bicyclic) bond motifs is 4. The van der Waals surface area contributed by atoms with E-state index in [1.165, 1.54) is 50.1 Å². The second kappa shape index (κ2) is 6.64. The molecule has 1 aliphatic rings. The molecule has 1 aromatic heterocycles. The molecule has 5 aromatic rings. The molecule has 0 N–H and O–H groups in total. The van der Waals surface area contributed by atoms with E-state index in [9.17, 15) is 0 Å². The minimum atomic E-state index is -0.208. The van der Waals surface area contributed by atoms with E-state index >= 15 is 0 Å². The van der Waals surface area contributed by atoms with Gasteiger partial charge in [0.05, 0.1) is 28.1 Å². The highest BCUT2D eigenvalue weighted by Crippen LogP contribution is 2.52. The summed E-state index contributed by atoms with van der Waals surface area (Å²) in [5.41, 5.74) is 8.52. The maximum atomic E-state index is 2.53. The lowest BCUT2D eigenvalue weighted by molar-refractivity contribution is 0.522. The Balaban J connectivity index is 1.79. The van der Waals surface area contributed by atoms with Gasteiger partial charge in [-0.05, 0) is 56.7 Å². The number of anilines is 3. The van der Waals surface area contributed by atoms with E-state index < -0.39 is 0 Å². The van der Waals surface area contributed by atoms with Crippen molar-refractivity contribution in [3.63, 3.8) is 0 Å². The smallest absolute Gasteiger partial charge is 0.112 e. The zero-order valence-electron chi connectivity index (χ0n) is 19.0. The highest BCUT2D eigenvalue weighted by molar-refractivity contribution is 6.15. The third-order valence-electron chi connectivity index (χ3n) is 7.10. The summed E-state index contributed by atoms with van der Waals surface area (Å²) < 4.78 is 2.43. The summed E-state index contributed by atoms with van der Waals surface area (Å²) in [5, 5.41) is 2.57. The van der Waals surface area contributed by atoms with Crippen molar-refractivity contribution in [2.24, 2.45) is 0 Å². The number of hydrogen-bond donors (Lipinski definition) is 0. The van der Waals surface area contributed by atoms with Crippen LogP contribution in [-0.4, -0.2) is 17.3 Å². The molecule has 1 aliphatic heterocycles. The van der Waals surface area contributed by atoms with Gasteiger partial charge in [-0.1, -0.05) is 60.7 Å². The predicted molar refractivity (Wildman–Crippen MR) is 137 cm³/mol. The van der Waals surface area contributed by atoms with Crippen molar-refractivity contribution in [1.29, 1.82) is 0 Å². The molecule has 0 spiro atoms. The number of nitrogens with zero attached hydrogens (tertiary/aromatic N) is 3. The normalized spacial score (nSPS) is 15.0. The van der Waals surface area contributed by atoms with E-state index in [1.807, 2.05) is 0 Å². The maximum absolute atomic E-state index is 2.53. The van der Waals surface area contributed by atoms with Crippen LogP contribution in [0.2, 0.25) is 0 Å². The van der Waals surface area contributed by atoms with Crippen LogP contribution in [0.25, 0.3) is 27.5 Å². The molecule has 32 heavy (non-hydrogen) atoms. The Hall–Kier alpha value is -3.72.